The van der Waals surface area contributed by atoms with Crippen LogP contribution in [0.15, 0.2) is 12.4 Å². The van der Waals surface area contributed by atoms with E-state index < -0.39 is 0 Å². The Bertz CT molecular complexity index is 365. The summed E-state index contributed by atoms with van der Waals surface area (Å²) in [6.07, 6.45) is 3.89. The predicted molar refractivity (Wildman–Crippen MR) is 61.1 cm³/mol. The highest BCUT2D eigenvalue weighted by Crippen LogP contribution is 2.23. The summed E-state index contributed by atoms with van der Waals surface area (Å²) in [5, 5.41) is 0. The molecule has 0 N–H and O–H groups in total. The van der Waals surface area contributed by atoms with Crippen LogP contribution >= 0.6 is 12.6 Å². The fourth-order valence-electron chi connectivity index (χ4n) is 1.65. The van der Waals surface area contributed by atoms with E-state index in [0.29, 0.717) is 24.7 Å². The fourth-order valence-corrected chi connectivity index (χ4v) is 1.90. The number of hydrogen-bond acceptors (Lipinski definition) is 4. The average Bonchev–Trinajstić information content (AvgIpc) is 2.61. The van der Waals surface area contributed by atoms with Crippen LogP contribution in [0.2, 0.25) is 0 Å². The zero-order chi connectivity index (χ0) is 10.8. The van der Waals surface area contributed by atoms with Gasteiger partial charge < -0.3 is 0 Å². The summed E-state index contributed by atoms with van der Waals surface area (Å²) < 4.78 is 0. The first kappa shape index (κ1) is 10.4. The monoisotopic (exact) mass is 223 g/mol. The molecule has 0 radical (unpaired) electrons. The first-order valence-electron chi connectivity index (χ1n) is 4.90. The van der Waals surface area contributed by atoms with Gasteiger partial charge in [0.15, 0.2) is 5.82 Å². The van der Waals surface area contributed by atoms with E-state index in [4.69, 9.17) is 0 Å². The van der Waals surface area contributed by atoms with Crippen molar-refractivity contribution < 1.29 is 4.79 Å². The number of carbonyl (C=O) groups is 1. The molecule has 0 saturated carbocycles. The van der Waals surface area contributed by atoms with E-state index in [1.165, 1.54) is 0 Å². The Labute approximate surface area is 94.1 Å². The van der Waals surface area contributed by atoms with Gasteiger partial charge in [-0.2, -0.15) is 12.6 Å². The topological polar surface area (TPSA) is 46.1 Å². The van der Waals surface area contributed by atoms with Crippen LogP contribution in [0.3, 0.4) is 0 Å². The molecule has 1 aromatic heterocycles. The Morgan fingerprint density at radius 3 is 2.87 bits per heavy atom. The number of hydrogen-bond donors (Lipinski definition) is 1. The second-order valence-corrected chi connectivity index (χ2v) is 4.14. The second kappa shape index (κ2) is 4.18. The summed E-state index contributed by atoms with van der Waals surface area (Å²) in [6, 6.07) is 0. The third-order valence-electron chi connectivity index (χ3n) is 2.51. The molecule has 0 bridgehead atoms. The molecule has 1 aliphatic heterocycles. The molecule has 80 valence electrons. The number of amides is 1. The van der Waals surface area contributed by atoms with Crippen molar-refractivity contribution >= 4 is 24.4 Å². The van der Waals surface area contributed by atoms with Gasteiger partial charge in [-0.3, -0.25) is 14.7 Å². The summed E-state index contributed by atoms with van der Waals surface area (Å²) >= 11 is 4.21. The smallest absolute Gasteiger partial charge is 0.228 e. The van der Waals surface area contributed by atoms with E-state index in [0.717, 1.165) is 11.4 Å². The highest BCUT2D eigenvalue weighted by atomic mass is 32.1. The van der Waals surface area contributed by atoms with E-state index in [9.17, 15) is 4.79 Å². The van der Waals surface area contributed by atoms with Crippen molar-refractivity contribution in [2.75, 3.05) is 17.2 Å². The highest BCUT2D eigenvalue weighted by molar-refractivity contribution is 7.80. The summed E-state index contributed by atoms with van der Waals surface area (Å²) in [5.74, 6) is 1.84. The van der Waals surface area contributed by atoms with Gasteiger partial charge in [0.05, 0.1) is 18.1 Å². The molecular formula is C10H13N3OS. The highest BCUT2D eigenvalue weighted by Gasteiger charge is 2.30. The summed E-state index contributed by atoms with van der Waals surface area (Å²) in [5.41, 5.74) is 0.858. The molecule has 4 nitrogen and oxygen atoms in total. The molecule has 1 aliphatic rings. The molecule has 2 rings (SSSR count). The van der Waals surface area contributed by atoms with Crippen LogP contribution in [0.4, 0.5) is 5.82 Å². The second-order valence-electron chi connectivity index (χ2n) is 3.77. The quantitative estimate of drug-likeness (QED) is 0.763. The minimum absolute atomic E-state index is 0.118. The van der Waals surface area contributed by atoms with Gasteiger partial charge in [0, 0.05) is 13.0 Å². The van der Waals surface area contributed by atoms with E-state index in [-0.39, 0.29) is 5.91 Å². The Balaban J connectivity index is 2.18. The third-order valence-corrected chi connectivity index (χ3v) is 3.02. The number of thiol groups is 1. The largest absolute Gasteiger partial charge is 0.295 e. The third kappa shape index (κ3) is 2.12. The van der Waals surface area contributed by atoms with Gasteiger partial charge in [0.2, 0.25) is 5.91 Å². The van der Waals surface area contributed by atoms with Crippen molar-refractivity contribution in [2.45, 2.75) is 13.3 Å². The Kier molecular flexibility index (Phi) is 2.90. The lowest BCUT2D eigenvalue weighted by atomic mass is 10.1. The normalized spacial score (nSPS) is 21.1. The van der Waals surface area contributed by atoms with E-state index in [1.807, 2.05) is 6.92 Å². The van der Waals surface area contributed by atoms with Crippen LogP contribution in [0.5, 0.6) is 0 Å². The number of carbonyl (C=O) groups excluding carboxylic acids is 1. The van der Waals surface area contributed by atoms with Crippen molar-refractivity contribution in [3.05, 3.63) is 18.1 Å². The Morgan fingerprint density at radius 2 is 2.33 bits per heavy atom. The van der Waals surface area contributed by atoms with Gasteiger partial charge in [-0.25, -0.2) is 4.98 Å². The van der Waals surface area contributed by atoms with Crippen LogP contribution in [0.25, 0.3) is 0 Å². The number of aryl methyl sites for hydroxylation is 1. The molecule has 0 aliphatic carbocycles. The maximum absolute atomic E-state index is 11.7. The molecule has 1 atom stereocenters. The minimum Gasteiger partial charge on any atom is -0.295 e. The molecule has 1 amide bonds. The zero-order valence-corrected chi connectivity index (χ0v) is 9.44. The van der Waals surface area contributed by atoms with Crippen LogP contribution < -0.4 is 4.90 Å². The molecule has 2 heterocycles. The lowest BCUT2D eigenvalue weighted by Gasteiger charge is -2.14. The van der Waals surface area contributed by atoms with Crippen molar-refractivity contribution in [1.82, 2.24) is 9.97 Å². The number of anilines is 1. The maximum Gasteiger partial charge on any atom is 0.228 e. The van der Waals surface area contributed by atoms with Gasteiger partial charge in [0.1, 0.15) is 0 Å². The van der Waals surface area contributed by atoms with Crippen molar-refractivity contribution in [3.8, 4) is 0 Å². The standard InChI is InChI=1S/C10H13N3OS/c1-7-3-12-9(4-11-7)13-5-8(6-15)2-10(13)14/h3-4,8,15H,2,5-6H2,1H3. The van der Waals surface area contributed by atoms with Crippen LogP contribution in [-0.4, -0.2) is 28.2 Å². The first-order valence-corrected chi connectivity index (χ1v) is 5.54. The van der Waals surface area contributed by atoms with Crippen molar-refractivity contribution in [2.24, 2.45) is 5.92 Å². The van der Waals surface area contributed by atoms with E-state index in [1.54, 1.807) is 17.3 Å². The Morgan fingerprint density at radius 1 is 1.53 bits per heavy atom. The summed E-state index contributed by atoms with van der Waals surface area (Å²) in [4.78, 5) is 21.7. The summed E-state index contributed by atoms with van der Waals surface area (Å²) in [6.45, 7) is 2.58. The van der Waals surface area contributed by atoms with Gasteiger partial charge >= 0.3 is 0 Å². The fraction of sp³-hybridized carbons (Fsp3) is 0.500. The zero-order valence-electron chi connectivity index (χ0n) is 8.55. The van der Waals surface area contributed by atoms with E-state index in [2.05, 4.69) is 22.6 Å². The van der Waals surface area contributed by atoms with Crippen LogP contribution in [0.1, 0.15) is 12.1 Å². The molecule has 15 heavy (non-hydrogen) atoms. The van der Waals surface area contributed by atoms with Crippen molar-refractivity contribution in [1.29, 1.82) is 0 Å². The number of nitrogens with zero attached hydrogens (tertiary/aromatic N) is 3. The predicted octanol–water partition coefficient (Wildman–Crippen LogP) is 1.07. The van der Waals surface area contributed by atoms with E-state index >= 15 is 0 Å². The molecule has 0 aromatic carbocycles. The molecule has 5 heteroatoms. The molecule has 1 saturated heterocycles. The van der Waals surface area contributed by atoms with Crippen LogP contribution in [0, 0.1) is 12.8 Å². The molecule has 1 aromatic rings. The Hall–Kier alpha value is -1.10. The number of rotatable bonds is 2. The SMILES string of the molecule is Cc1cnc(N2CC(CS)CC2=O)cn1. The van der Waals surface area contributed by atoms with Gasteiger partial charge in [0.25, 0.3) is 0 Å². The number of aromatic nitrogens is 2. The van der Waals surface area contributed by atoms with Gasteiger partial charge in [-0.15, -0.1) is 0 Å². The van der Waals surface area contributed by atoms with Crippen LogP contribution in [-0.2, 0) is 4.79 Å². The average molecular weight is 223 g/mol. The lowest BCUT2D eigenvalue weighted by molar-refractivity contribution is -0.117. The lowest BCUT2D eigenvalue weighted by Crippen LogP contribution is -2.25. The van der Waals surface area contributed by atoms with Gasteiger partial charge in [-0.1, -0.05) is 0 Å². The summed E-state index contributed by atoms with van der Waals surface area (Å²) in [7, 11) is 0. The first-order chi connectivity index (χ1) is 7.20. The maximum atomic E-state index is 11.7. The molecule has 1 fully saturated rings. The molecule has 0 spiro atoms. The van der Waals surface area contributed by atoms with Gasteiger partial charge in [-0.05, 0) is 18.6 Å². The molecule has 1 unspecified atom stereocenters. The minimum atomic E-state index is 0.118. The molecular weight excluding hydrogens is 210 g/mol. The van der Waals surface area contributed by atoms with Crippen molar-refractivity contribution in [3.63, 3.8) is 0 Å².